The SMILES string of the molecule is CC1SCc2ncnc(N3CCN(C(=O)C(CN(C(=O)OC(C)(C)C)C(C)C)c4ccc(F)c(F)c4)CC3)c21. The molecule has 39 heavy (non-hydrogen) atoms. The van der Waals surface area contributed by atoms with E-state index in [0.29, 0.717) is 37.0 Å². The number of fused-ring (bicyclic) bond motifs is 1. The van der Waals surface area contributed by atoms with Gasteiger partial charge >= 0.3 is 6.09 Å². The van der Waals surface area contributed by atoms with E-state index in [4.69, 9.17) is 4.74 Å². The van der Waals surface area contributed by atoms with E-state index in [-0.39, 0.29) is 18.5 Å². The Balaban J connectivity index is 1.55. The highest BCUT2D eigenvalue weighted by molar-refractivity contribution is 7.99. The zero-order chi connectivity index (χ0) is 28.5. The fourth-order valence-electron chi connectivity index (χ4n) is 4.92. The van der Waals surface area contributed by atoms with E-state index in [1.54, 1.807) is 32.0 Å². The van der Waals surface area contributed by atoms with E-state index in [1.807, 2.05) is 25.6 Å². The van der Waals surface area contributed by atoms with Crippen LogP contribution in [0.4, 0.5) is 19.4 Å². The number of nitrogens with zero attached hydrogens (tertiary/aromatic N) is 5. The molecule has 11 heteroatoms. The monoisotopic (exact) mass is 561 g/mol. The Bertz CT molecular complexity index is 1210. The second-order valence-electron chi connectivity index (χ2n) is 11.3. The van der Waals surface area contributed by atoms with Gasteiger partial charge in [-0.3, -0.25) is 4.79 Å². The predicted octanol–water partition coefficient (Wildman–Crippen LogP) is 5.14. The molecule has 1 aromatic heterocycles. The molecule has 2 amide bonds. The van der Waals surface area contributed by atoms with Gasteiger partial charge in [0.1, 0.15) is 17.7 Å². The first kappa shape index (κ1) is 29.0. The third-order valence-corrected chi connectivity index (χ3v) is 8.16. The van der Waals surface area contributed by atoms with Crippen LogP contribution < -0.4 is 4.90 Å². The van der Waals surface area contributed by atoms with Gasteiger partial charge in [-0.05, 0) is 59.2 Å². The van der Waals surface area contributed by atoms with Crippen LogP contribution in [-0.4, -0.2) is 76.1 Å². The van der Waals surface area contributed by atoms with Crippen LogP contribution in [0, 0.1) is 11.6 Å². The van der Waals surface area contributed by atoms with E-state index in [1.165, 1.54) is 11.0 Å². The number of piperazine rings is 1. The molecule has 3 heterocycles. The van der Waals surface area contributed by atoms with Crippen molar-refractivity contribution in [1.29, 1.82) is 0 Å². The lowest BCUT2D eigenvalue weighted by Crippen LogP contribution is -2.52. The van der Waals surface area contributed by atoms with Gasteiger partial charge in [-0.15, -0.1) is 11.8 Å². The first-order valence-electron chi connectivity index (χ1n) is 13.3. The van der Waals surface area contributed by atoms with Crippen LogP contribution in [0.3, 0.4) is 0 Å². The summed E-state index contributed by atoms with van der Waals surface area (Å²) in [6.45, 7) is 13.1. The summed E-state index contributed by atoms with van der Waals surface area (Å²) in [6.07, 6.45) is 1.04. The van der Waals surface area contributed by atoms with Crippen LogP contribution in [0.15, 0.2) is 24.5 Å². The summed E-state index contributed by atoms with van der Waals surface area (Å²) in [5, 5.41) is 0.309. The minimum absolute atomic E-state index is 0.0230. The minimum atomic E-state index is -1.03. The van der Waals surface area contributed by atoms with Crippen molar-refractivity contribution in [3.8, 4) is 0 Å². The average molecular weight is 562 g/mol. The van der Waals surface area contributed by atoms with Gasteiger partial charge in [0.2, 0.25) is 5.91 Å². The second-order valence-corrected chi connectivity index (χ2v) is 12.6. The van der Waals surface area contributed by atoms with Gasteiger partial charge in [-0.25, -0.2) is 23.5 Å². The Kier molecular flexibility index (Phi) is 8.68. The molecule has 0 N–H and O–H groups in total. The van der Waals surface area contributed by atoms with E-state index < -0.39 is 29.2 Å². The number of aromatic nitrogens is 2. The molecule has 8 nitrogen and oxygen atoms in total. The lowest BCUT2D eigenvalue weighted by molar-refractivity contribution is -0.133. The maximum atomic E-state index is 14.3. The predicted molar refractivity (Wildman–Crippen MR) is 148 cm³/mol. The average Bonchev–Trinajstić information content (AvgIpc) is 3.26. The van der Waals surface area contributed by atoms with Gasteiger partial charge < -0.3 is 19.4 Å². The number of rotatable bonds is 6. The van der Waals surface area contributed by atoms with Crippen molar-refractivity contribution >= 4 is 29.6 Å². The van der Waals surface area contributed by atoms with Gasteiger partial charge in [0.05, 0.1) is 11.6 Å². The Morgan fingerprint density at radius 1 is 1.13 bits per heavy atom. The lowest BCUT2D eigenvalue weighted by atomic mass is 9.95. The third-order valence-electron chi connectivity index (χ3n) is 6.99. The number of hydrogen-bond acceptors (Lipinski definition) is 7. The molecule has 0 saturated carbocycles. The molecule has 4 rings (SSSR count). The molecule has 2 aromatic rings. The number of carbonyl (C=O) groups is 2. The molecule has 0 radical (unpaired) electrons. The molecular formula is C28H37F2N5O3S. The zero-order valence-corrected chi connectivity index (χ0v) is 24.2. The summed E-state index contributed by atoms with van der Waals surface area (Å²) < 4.78 is 33.6. The Morgan fingerprint density at radius 2 is 1.82 bits per heavy atom. The second kappa shape index (κ2) is 11.7. The summed E-state index contributed by atoms with van der Waals surface area (Å²) in [7, 11) is 0. The summed E-state index contributed by atoms with van der Waals surface area (Å²) in [5.41, 5.74) is 1.81. The summed E-state index contributed by atoms with van der Waals surface area (Å²) >= 11 is 1.83. The molecule has 2 aliphatic rings. The zero-order valence-electron chi connectivity index (χ0n) is 23.4. The normalized spacial score (nSPS) is 18.2. The van der Waals surface area contributed by atoms with E-state index in [9.17, 15) is 18.4 Å². The number of benzene rings is 1. The van der Waals surface area contributed by atoms with Crippen molar-refractivity contribution in [1.82, 2.24) is 19.8 Å². The van der Waals surface area contributed by atoms with Gasteiger partial charge in [0.15, 0.2) is 11.6 Å². The van der Waals surface area contributed by atoms with Crippen molar-refractivity contribution in [2.45, 2.75) is 70.1 Å². The van der Waals surface area contributed by atoms with Crippen LogP contribution in [0.25, 0.3) is 0 Å². The Labute approximate surface area is 233 Å². The van der Waals surface area contributed by atoms with Crippen LogP contribution in [0.5, 0.6) is 0 Å². The highest BCUT2D eigenvalue weighted by Gasteiger charge is 2.35. The van der Waals surface area contributed by atoms with Gasteiger partial charge in [-0.2, -0.15) is 0 Å². The summed E-state index contributed by atoms with van der Waals surface area (Å²) in [4.78, 5) is 41.3. The maximum absolute atomic E-state index is 14.3. The minimum Gasteiger partial charge on any atom is -0.444 e. The first-order chi connectivity index (χ1) is 18.4. The maximum Gasteiger partial charge on any atom is 0.410 e. The van der Waals surface area contributed by atoms with Crippen molar-refractivity contribution in [3.63, 3.8) is 0 Å². The smallest absolute Gasteiger partial charge is 0.410 e. The van der Waals surface area contributed by atoms with Gasteiger partial charge in [0, 0.05) is 55.3 Å². The van der Waals surface area contributed by atoms with Gasteiger partial charge in [-0.1, -0.05) is 6.07 Å². The largest absolute Gasteiger partial charge is 0.444 e. The molecule has 2 unspecified atom stereocenters. The van der Waals surface area contributed by atoms with E-state index in [0.717, 1.165) is 35.0 Å². The third kappa shape index (κ3) is 6.62. The van der Waals surface area contributed by atoms with Crippen molar-refractivity contribution in [3.05, 3.63) is 53.0 Å². The molecule has 0 bridgehead atoms. The Hall–Kier alpha value is -2.95. The highest BCUT2D eigenvalue weighted by Crippen LogP contribution is 2.44. The van der Waals surface area contributed by atoms with Crippen molar-refractivity contribution in [2.24, 2.45) is 0 Å². The van der Waals surface area contributed by atoms with Crippen molar-refractivity contribution in [2.75, 3.05) is 37.6 Å². The molecule has 1 saturated heterocycles. The molecule has 0 aliphatic carbocycles. The fourth-order valence-corrected chi connectivity index (χ4v) is 5.97. The van der Waals surface area contributed by atoms with Crippen molar-refractivity contribution < 1.29 is 23.1 Å². The highest BCUT2D eigenvalue weighted by atomic mass is 32.2. The fraction of sp³-hybridized carbons (Fsp3) is 0.571. The standard InChI is InChI=1S/C28H37F2N5O3S/c1-17(2)35(27(37)38-28(4,5)6)14-20(19-7-8-21(29)22(30)13-19)26(36)34-11-9-33(10-12-34)25-24-18(3)39-15-23(24)31-16-32-25/h7-8,13,16-18,20H,9-12,14-15H2,1-6H3. The molecule has 0 spiro atoms. The number of ether oxygens (including phenoxy) is 1. The van der Waals surface area contributed by atoms with Gasteiger partial charge in [0.25, 0.3) is 0 Å². The number of anilines is 1. The number of halogens is 2. The molecule has 1 fully saturated rings. The molecule has 2 atom stereocenters. The van der Waals surface area contributed by atoms with Crippen LogP contribution >= 0.6 is 11.8 Å². The number of amides is 2. The Morgan fingerprint density at radius 3 is 2.44 bits per heavy atom. The molecule has 2 aliphatic heterocycles. The molecule has 1 aromatic carbocycles. The molecule has 212 valence electrons. The number of thioether (sulfide) groups is 1. The summed E-state index contributed by atoms with van der Waals surface area (Å²) in [6, 6.07) is 3.20. The van der Waals surface area contributed by atoms with Crippen LogP contribution in [0.2, 0.25) is 0 Å². The van der Waals surface area contributed by atoms with E-state index in [2.05, 4.69) is 21.8 Å². The van der Waals surface area contributed by atoms with Crippen LogP contribution in [-0.2, 0) is 15.3 Å². The van der Waals surface area contributed by atoms with Crippen LogP contribution in [0.1, 0.15) is 69.5 Å². The van der Waals surface area contributed by atoms with E-state index >= 15 is 0 Å². The topological polar surface area (TPSA) is 78.9 Å². The lowest BCUT2D eigenvalue weighted by Gasteiger charge is -2.39. The number of carbonyl (C=O) groups excluding carboxylic acids is 2. The quantitative estimate of drug-likeness (QED) is 0.483. The number of hydrogen-bond donors (Lipinski definition) is 0. The first-order valence-corrected chi connectivity index (χ1v) is 14.3. The molecular weight excluding hydrogens is 524 g/mol. The summed E-state index contributed by atoms with van der Waals surface area (Å²) in [5.74, 6) is -1.38.